The van der Waals surface area contributed by atoms with Gasteiger partial charge >= 0.3 is 0 Å². The van der Waals surface area contributed by atoms with E-state index < -0.39 is 12.2 Å². The van der Waals surface area contributed by atoms with Crippen molar-refractivity contribution in [1.29, 1.82) is 0 Å². The molecule has 0 aliphatic carbocycles. The summed E-state index contributed by atoms with van der Waals surface area (Å²) in [5.74, 6) is -0.628. The average molecular weight is 559 g/mol. The maximum absolute atomic E-state index is 12.5. The number of hydroxylamine groups is 1. The first-order chi connectivity index (χ1) is 20.0. The number of benzene rings is 3. The first-order valence-corrected chi connectivity index (χ1v) is 13.8. The van der Waals surface area contributed by atoms with Crippen molar-refractivity contribution in [3.8, 4) is 0 Å². The summed E-state index contributed by atoms with van der Waals surface area (Å²) in [5, 5.41) is 21.0. The molecule has 1 fully saturated rings. The molecule has 5 rings (SSSR count). The van der Waals surface area contributed by atoms with E-state index in [4.69, 9.17) is 14.7 Å². The summed E-state index contributed by atoms with van der Waals surface area (Å²) >= 11 is 0. The van der Waals surface area contributed by atoms with E-state index in [2.05, 4.69) is 14.9 Å². The van der Waals surface area contributed by atoms with Crippen molar-refractivity contribution in [3.05, 3.63) is 95.8 Å². The van der Waals surface area contributed by atoms with Gasteiger partial charge in [-0.2, -0.15) is 0 Å². The van der Waals surface area contributed by atoms with Crippen LogP contribution in [0.3, 0.4) is 0 Å². The maximum atomic E-state index is 12.5. The number of aliphatic hydroxyl groups excluding tert-OH is 1. The van der Waals surface area contributed by atoms with Crippen molar-refractivity contribution in [2.24, 2.45) is 0 Å². The molecule has 1 saturated heterocycles. The molecular weight excluding hydrogens is 524 g/mol. The van der Waals surface area contributed by atoms with E-state index in [0.29, 0.717) is 31.5 Å². The molecule has 4 aromatic rings. The van der Waals surface area contributed by atoms with Gasteiger partial charge in [-0.1, -0.05) is 48.5 Å². The highest BCUT2D eigenvalue weighted by atomic mass is 16.7. The number of para-hydroxylation sites is 2. The van der Waals surface area contributed by atoms with E-state index in [0.717, 1.165) is 27.7 Å². The lowest BCUT2D eigenvalue weighted by Crippen LogP contribution is -2.32. The van der Waals surface area contributed by atoms with E-state index in [1.165, 1.54) is 0 Å². The molecule has 2 heterocycles. The second kappa shape index (κ2) is 13.5. The summed E-state index contributed by atoms with van der Waals surface area (Å²) in [6.45, 7) is 0.570. The fourth-order valence-electron chi connectivity index (χ4n) is 5.02. The molecule has 1 aromatic heterocycles. The molecule has 10 nitrogen and oxygen atoms in total. The lowest BCUT2D eigenvalue weighted by atomic mass is 10.00. The smallest absolute Gasteiger partial charge is 0.243 e. The summed E-state index contributed by atoms with van der Waals surface area (Å²) in [7, 11) is 0. The number of carbonyl (C=O) groups excluding carboxylic acids is 2. The van der Waals surface area contributed by atoms with Gasteiger partial charge in [0.1, 0.15) is 0 Å². The van der Waals surface area contributed by atoms with E-state index in [1.807, 2.05) is 79.1 Å². The molecule has 3 aromatic carbocycles. The predicted molar refractivity (Wildman–Crippen MR) is 152 cm³/mol. The molecule has 2 amide bonds. The zero-order valence-electron chi connectivity index (χ0n) is 22.6. The minimum Gasteiger partial charge on any atom is -0.392 e. The summed E-state index contributed by atoms with van der Waals surface area (Å²) in [6.07, 6.45) is 2.82. The van der Waals surface area contributed by atoms with Crippen LogP contribution in [0.25, 0.3) is 11.0 Å². The number of anilines is 1. The van der Waals surface area contributed by atoms with Gasteiger partial charge in [0.2, 0.25) is 11.8 Å². The highest BCUT2D eigenvalue weighted by molar-refractivity contribution is 5.90. The van der Waals surface area contributed by atoms with Crippen LogP contribution in [0.4, 0.5) is 5.69 Å². The van der Waals surface area contributed by atoms with E-state index >= 15 is 0 Å². The summed E-state index contributed by atoms with van der Waals surface area (Å²) < 4.78 is 15.0. The average Bonchev–Trinajstić information content (AvgIpc) is 3.41. The van der Waals surface area contributed by atoms with Gasteiger partial charge in [-0.3, -0.25) is 14.8 Å². The van der Waals surface area contributed by atoms with Crippen LogP contribution in [0.1, 0.15) is 61.2 Å². The normalized spacial score (nSPS) is 18.7. The Labute approximate surface area is 237 Å². The molecule has 0 saturated carbocycles. The largest absolute Gasteiger partial charge is 0.392 e. The summed E-state index contributed by atoms with van der Waals surface area (Å²) in [5.41, 5.74) is 6.78. The van der Waals surface area contributed by atoms with Crippen LogP contribution in [-0.2, 0) is 32.2 Å². The molecule has 214 valence electrons. The quantitative estimate of drug-likeness (QED) is 0.118. The second-order valence-electron chi connectivity index (χ2n) is 10.2. The van der Waals surface area contributed by atoms with Gasteiger partial charge in [0.05, 0.1) is 42.7 Å². The number of carbonyl (C=O) groups is 2. The Balaban J connectivity index is 1.31. The van der Waals surface area contributed by atoms with Crippen LogP contribution < -0.4 is 10.8 Å². The summed E-state index contributed by atoms with van der Waals surface area (Å²) in [4.78, 5) is 28.2. The molecule has 10 heteroatoms. The minimum absolute atomic E-state index is 0.0234. The van der Waals surface area contributed by atoms with Crippen molar-refractivity contribution in [3.63, 3.8) is 0 Å². The van der Waals surface area contributed by atoms with Crippen LogP contribution >= 0.6 is 0 Å². The van der Waals surface area contributed by atoms with Crippen molar-refractivity contribution < 1.29 is 29.4 Å². The Kier molecular flexibility index (Phi) is 9.37. The number of imidazole rings is 1. The molecule has 1 aliphatic rings. The van der Waals surface area contributed by atoms with Gasteiger partial charge in [0.15, 0.2) is 6.29 Å². The van der Waals surface area contributed by atoms with E-state index in [-0.39, 0.29) is 37.6 Å². The number of nitrogens with zero attached hydrogens (tertiary/aromatic N) is 2. The number of hydrogen-bond acceptors (Lipinski definition) is 7. The van der Waals surface area contributed by atoms with Crippen molar-refractivity contribution >= 4 is 28.5 Å². The molecule has 0 spiro atoms. The lowest BCUT2D eigenvalue weighted by Gasteiger charge is -2.36. The minimum atomic E-state index is -0.667. The monoisotopic (exact) mass is 558 g/mol. The molecule has 41 heavy (non-hydrogen) atoms. The third-order valence-electron chi connectivity index (χ3n) is 7.17. The Morgan fingerprint density at radius 3 is 2.49 bits per heavy atom. The number of aromatic nitrogens is 2. The second-order valence-corrected chi connectivity index (χ2v) is 10.2. The number of nitrogens with one attached hydrogen (secondary N) is 2. The van der Waals surface area contributed by atoms with Crippen LogP contribution in [-0.4, -0.2) is 37.8 Å². The number of aliphatic hydroxyl groups is 1. The number of ether oxygens (including phenoxy) is 2. The lowest BCUT2D eigenvalue weighted by molar-refractivity contribution is -0.252. The number of unbranched alkanes of at least 4 members (excludes halogenated alkanes) is 1. The molecule has 1 aliphatic heterocycles. The Bertz CT molecular complexity index is 1470. The zero-order valence-corrected chi connectivity index (χ0v) is 22.6. The topological polar surface area (TPSA) is 135 Å². The highest BCUT2D eigenvalue weighted by Crippen LogP contribution is 2.39. The first-order valence-electron chi connectivity index (χ1n) is 13.8. The molecule has 3 atom stereocenters. The molecular formula is C31H34N4O6. The Morgan fingerprint density at radius 2 is 1.71 bits per heavy atom. The van der Waals surface area contributed by atoms with Crippen LogP contribution in [0.15, 0.2) is 79.1 Å². The Morgan fingerprint density at radius 1 is 0.927 bits per heavy atom. The van der Waals surface area contributed by atoms with Crippen LogP contribution in [0, 0.1) is 0 Å². The zero-order chi connectivity index (χ0) is 28.6. The molecule has 0 unspecified atom stereocenters. The van der Waals surface area contributed by atoms with Crippen LogP contribution in [0.5, 0.6) is 0 Å². The number of rotatable bonds is 11. The third kappa shape index (κ3) is 7.36. The van der Waals surface area contributed by atoms with Crippen molar-refractivity contribution in [1.82, 2.24) is 15.0 Å². The number of amides is 2. The van der Waals surface area contributed by atoms with Crippen molar-refractivity contribution in [2.45, 2.75) is 63.8 Å². The fraction of sp³-hybridized carbons (Fsp3) is 0.323. The number of hydrogen-bond donors (Lipinski definition) is 4. The van der Waals surface area contributed by atoms with Gasteiger partial charge in [-0.25, -0.2) is 10.5 Å². The van der Waals surface area contributed by atoms with Gasteiger partial charge in [-0.15, -0.1) is 0 Å². The van der Waals surface area contributed by atoms with Crippen LogP contribution in [0.2, 0.25) is 0 Å². The Hall–Kier alpha value is -4.09. The highest BCUT2D eigenvalue weighted by Gasteiger charge is 2.32. The van der Waals surface area contributed by atoms with E-state index in [1.54, 1.807) is 5.48 Å². The summed E-state index contributed by atoms with van der Waals surface area (Å²) in [6, 6.07) is 23.1. The molecule has 0 bridgehead atoms. The van der Waals surface area contributed by atoms with E-state index in [9.17, 15) is 14.7 Å². The fourth-order valence-corrected chi connectivity index (χ4v) is 5.02. The molecule has 4 N–H and O–H groups in total. The molecule has 0 radical (unpaired) electrons. The van der Waals surface area contributed by atoms with Gasteiger partial charge < -0.3 is 24.5 Å². The first kappa shape index (κ1) is 28.4. The van der Waals surface area contributed by atoms with Crippen molar-refractivity contribution in [2.75, 3.05) is 5.32 Å². The van der Waals surface area contributed by atoms with Gasteiger partial charge in [0, 0.05) is 30.5 Å². The van der Waals surface area contributed by atoms with Gasteiger partial charge in [0.25, 0.3) is 0 Å². The van der Waals surface area contributed by atoms with Gasteiger partial charge in [-0.05, 0) is 48.2 Å². The predicted octanol–water partition coefficient (Wildman–Crippen LogP) is 4.78. The standard InChI is InChI=1S/C31H34N4O6/c36-19-21-12-14-22(15-13-21)28-17-25(18-35-20-32-26-8-1-2-9-27(26)35)40-31(41-28)23-6-5-7-24(16-23)33-29(37)10-3-4-11-30(38)34-39/h1-2,5-9,12-16,20,25,28,31,36,39H,3-4,10-11,17-19H2,(H,33,37)(H,34,38)/t25-,28+,31+/m0/s1. The maximum Gasteiger partial charge on any atom is 0.243 e. The SMILES string of the molecule is O=C(CCCCC(=O)Nc1cccc([C@@H]2O[C@H](Cn3cnc4ccccc43)C[C@H](c3ccc(CO)cc3)O2)c1)NO. The number of fused-ring (bicyclic) bond motifs is 1. The third-order valence-corrected chi connectivity index (χ3v) is 7.17.